The van der Waals surface area contributed by atoms with Crippen LogP contribution in [0, 0.1) is 5.82 Å². The number of hydrogen-bond acceptors (Lipinski definition) is 4. The number of nitrogens with zero attached hydrogens (tertiary/aromatic N) is 3. The SMILES string of the molecule is CCNC(=NCC(c1ccc(F)cc1)N1CCOCC1)NCCc1cccc2cccnc12.I. The number of ether oxygens (including phenoxy) is 1. The molecule has 6 nitrogen and oxygen atoms in total. The van der Waals surface area contributed by atoms with E-state index in [1.807, 2.05) is 24.4 Å². The molecular weight excluding hydrogens is 544 g/mol. The van der Waals surface area contributed by atoms with Gasteiger partial charge in [0.1, 0.15) is 5.82 Å². The van der Waals surface area contributed by atoms with Gasteiger partial charge in [-0.1, -0.05) is 36.4 Å². The van der Waals surface area contributed by atoms with E-state index in [1.54, 1.807) is 0 Å². The zero-order valence-corrected chi connectivity index (χ0v) is 21.9. The van der Waals surface area contributed by atoms with Crippen molar-refractivity contribution in [2.24, 2.45) is 4.99 Å². The second kappa shape index (κ2) is 13.6. The second-order valence-corrected chi connectivity index (χ2v) is 8.10. The Kier molecular flexibility index (Phi) is 10.5. The highest BCUT2D eigenvalue weighted by Crippen LogP contribution is 2.23. The number of aliphatic imine (C=N–C) groups is 1. The number of nitrogens with one attached hydrogen (secondary N) is 2. The first kappa shape index (κ1) is 26.3. The van der Waals surface area contributed by atoms with E-state index in [4.69, 9.17) is 9.73 Å². The van der Waals surface area contributed by atoms with Crippen molar-refractivity contribution in [3.05, 3.63) is 77.7 Å². The van der Waals surface area contributed by atoms with Crippen LogP contribution in [0.3, 0.4) is 0 Å². The molecule has 1 atom stereocenters. The predicted octanol–water partition coefficient (Wildman–Crippen LogP) is 4.16. The van der Waals surface area contributed by atoms with E-state index in [0.717, 1.165) is 55.0 Å². The fourth-order valence-electron chi connectivity index (χ4n) is 4.21. The van der Waals surface area contributed by atoms with Gasteiger partial charge in [-0.25, -0.2) is 4.39 Å². The minimum atomic E-state index is -0.221. The molecule has 2 aromatic carbocycles. The maximum absolute atomic E-state index is 13.5. The Morgan fingerprint density at radius 2 is 1.85 bits per heavy atom. The van der Waals surface area contributed by atoms with Gasteiger partial charge in [0.15, 0.2) is 5.96 Å². The van der Waals surface area contributed by atoms with E-state index < -0.39 is 0 Å². The Bertz CT molecular complexity index is 1050. The van der Waals surface area contributed by atoms with Crippen LogP contribution >= 0.6 is 24.0 Å². The number of benzene rings is 2. The van der Waals surface area contributed by atoms with Gasteiger partial charge in [0.2, 0.25) is 0 Å². The minimum Gasteiger partial charge on any atom is -0.379 e. The standard InChI is InChI=1S/C26H32FN5O.HI/c1-2-28-26(30-14-12-22-6-3-5-21-7-4-13-29-25(21)22)31-19-24(32-15-17-33-18-16-32)20-8-10-23(27)11-9-20;/h3-11,13,24H,2,12,14-19H2,1H3,(H2,28,30,31);1H. The quantitative estimate of drug-likeness (QED) is 0.239. The van der Waals surface area contributed by atoms with Crippen LogP contribution in [0.15, 0.2) is 65.8 Å². The van der Waals surface area contributed by atoms with Crippen molar-refractivity contribution < 1.29 is 9.13 Å². The van der Waals surface area contributed by atoms with Crippen molar-refractivity contribution in [2.75, 3.05) is 45.9 Å². The number of halogens is 2. The summed E-state index contributed by atoms with van der Waals surface area (Å²) in [5.74, 6) is 0.562. The minimum absolute atomic E-state index is 0. The van der Waals surface area contributed by atoms with Crippen LogP contribution in [0.2, 0.25) is 0 Å². The number of guanidine groups is 1. The van der Waals surface area contributed by atoms with Crippen molar-refractivity contribution in [1.82, 2.24) is 20.5 Å². The molecule has 0 aliphatic carbocycles. The fourth-order valence-corrected chi connectivity index (χ4v) is 4.21. The summed E-state index contributed by atoms with van der Waals surface area (Å²) >= 11 is 0. The second-order valence-electron chi connectivity index (χ2n) is 8.10. The Labute approximate surface area is 218 Å². The highest BCUT2D eigenvalue weighted by Gasteiger charge is 2.22. The van der Waals surface area contributed by atoms with Crippen molar-refractivity contribution in [1.29, 1.82) is 0 Å². The first-order valence-electron chi connectivity index (χ1n) is 11.7. The van der Waals surface area contributed by atoms with Gasteiger partial charge in [-0.05, 0) is 42.7 Å². The topological polar surface area (TPSA) is 61.8 Å². The van der Waals surface area contributed by atoms with Crippen molar-refractivity contribution >= 4 is 40.8 Å². The van der Waals surface area contributed by atoms with Gasteiger partial charge in [0.25, 0.3) is 0 Å². The van der Waals surface area contributed by atoms with E-state index in [-0.39, 0.29) is 35.8 Å². The van der Waals surface area contributed by atoms with Gasteiger partial charge >= 0.3 is 0 Å². The smallest absolute Gasteiger partial charge is 0.191 e. The van der Waals surface area contributed by atoms with Gasteiger partial charge in [0.05, 0.1) is 31.3 Å². The third-order valence-electron chi connectivity index (χ3n) is 5.91. The fraction of sp³-hybridized carbons (Fsp3) is 0.385. The highest BCUT2D eigenvalue weighted by molar-refractivity contribution is 14.0. The highest BCUT2D eigenvalue weighted by atomic mass is 127. The predicted molar refractivity (Wildman–Crippen MR) is 146 cm³/mol. The zero-order valence-electron chi connectivity index (χ0n) is 19.5. The summed E-state index contributed by atoms with van der Waals surface area (Å²) < 4.78 is 19.0. The van der Waals surface area contributed by atoms with Gasteiger partial charge < -0.3 is 15.4 Å². The first-order valence-corrected chi connectivity index (χ1v) is 11.7. The molecule has 1 aromatic heterocycles. The lowest BCUT2D eigenvalue weighted by Crippen LogP contribution is -2.42. The van der Waals surface area contributed by atoms with Crippen LogP contribution in [0.4, 0.5) is 4.39 Å². The molecule has 4 rings (SSSR count). The molecule has 2 N–H and O–H groups in total. The third kappa shape index (κ3) is 7.10. The molecule has 0 bridgehead atoms. The van der Waals surface area contributed by atoms with Crippen LogP contribution in [-0.4, -0.2) is 61.8 Å². The van der Waals surface area contributed by atoms with Crippen molar-refractivity contribution in [3.63, 3.8) is 0 Å². The number of pyridine rings is 1. The van der Waals surface area contributed by atoms with Crippen LogP contribution in [0.5, 0.6) is 0 Å². The maximum atomic E-state index is 13.5. The molecule has 34 heavy (non-hydrogen) atoms. The van der Waals surface area contributed by atoms with E-state index in [2.05, 4.69) is 51.7 Å². The van der Waals surface area contributed by atoms with Gasteiger partial charge in [-0.15, -0.1) is 24.0 Å². The molecule has 1 saturated heterocycles. The summed E-state index contributed by atoms with van der Waals surface area (Å²) in [7, 11) is 0. The van der Waals surface area contributed by atoms with Crippen LogP contribution < -0.4 is 10.6 Å². The summed E-state index contributed by atoms with van der Waals surface area (Å²) in [5, 5.41) is 7.96. The van der Waals surface area contributed by atoms with Crippen LogP contribution in [0.1, 0.15) is 24.1 Å². The van der Waals surface area contributed by atoms with Crippen molar-refractivity contribution in [2.45, 2.75) is 19.4 Å². The molecule has 3 aromatic rings. The molecule has 1 aliphatic heterocycles. The summed E-state index contributed by atoms with van der Waals surface area (Å²) in [5.41, 5.74) is 3.33. The number of para-hydroxylation sites is 1. The lowest BCUT2D eigenvalue weighted by Gasteiger charge is -2.34. The largest absolute Gasteiger partial charge is 0.379 e. The van der Waals surface area contributed by atoms with Crippen LogP contribution in [-0.2, 0) is 11.2 Å². The monoisotopic (exact) mass is 577 g/mol. The molecule has 1 fully saturated rings. The molecule has 1 unspecified atom stereocenters. The normalized spacial score (nSPS) is 15.5. The lowest BCUT2D eigenvalue weighted by atomic mass is 10.0. The summed E-state index contributed by atoms with van der Waals surface area (Å²) in [4.78, 5) is 11.8. The lowest BCUT2D eigenvalue weighted by molar-refractivity contribution is 0.0179. The zero-order chi connectivity index (χ0) is 22.9. The third-order valence-corrected chi connectivity index (χ3v) is 5.91. The number of morpholine rings is 1. The molecule has 0 saturated carbocycles. The summed E-state index contributed by atoms with van der Waals surface area (Å²) in [6.45, 7) is 7.27. The van der Waals surface area contributed by atoms with E-state index >= 15 is 0 Å². The van der Waals surface area contributed by atoms with Crippen molar-refractivity contribution in [3.8, 4) is 0 Å². The van der Waals surface area contributed by atoms with E-state index in [1.165, 1.54) is 17.7 Å². The van der Waals surface area contributed by atoms with Gasteiger partial charge in [-0.3, -0.25) is 14.9 Å². The molecule has 182 valence electrons. The molecule has 8 heteroatoms. The number of rotatable bonds is 8. The number of aromatic nitrogens is 1. The number of fused-ring (bicyclic) bond motifs is 1. The Hall–Kier alpha value is -2.30. The molecule has 0 radical (unpaired) electrons. The average Bonchev–Trinajstić information content (AvgIpc) is 2.86. The maximum Gasteiger partial charge on any atom is 0.191 e. The van der Waals surface area contributed by atoms with Gasteiger partial charge in [-0.2, -0.15) is 0 Å². The van der Waals surface area contributed by atoms with Gasteiger partial charge in [0, 0.05) is 37.8 Å². The van der Waals surface area contributed by atoms with E-state index in [0.29, 0.717) is 19.8 Å². The Morgan fingerprint density at radius 1 is 1.09 bits per heavy atom. The Morgan fingerprint density at radius 3 is 2.62 bits per heavy atom. The molecule has 1 aliphatic rings. The van der Waals surface area contributed by atoms with Crippen LogP contribution in [0.25, 0.3) is 10.9 Å². The Balaban J connectivity index is 0.00000324. The first-order chi connectivity index (χ1) is 16.2. The average molecular weight is 577 g/mol. The molecule has 0 amide bonds. The van der Waals surface area contributed by atoms with E-state index in [9.17, 15) is 4.39 Å². The summed E-state index contributed by atoms with van der Waals surface area (Å²) in [6, 6.07) is 17.2. The molecule has 0 spiro atoms. The molecule has 2 heterocycles. The summed E-state index contributed by atoms with van der Waals surface area (Å²) in [6.07, 6.45) is 2.69. The number of hydrogen-bond donors (Lipinski definition) is 2. The molecular formula is C26H33FIN5O.